The molecule has 1 heterocycles. The van der Waals surface area contributed by atoms with Gasteiger partial charge in [-0.2, -0.15) is 0 Å². The van der Waals surface area contributed by atoms with Crippen molar-refractivity contribution in [3.63, 3.8) is 0 Å². The first-order valence-corrected chi connectivity index (χ1v) is 8.56. The van der Waals surface area contributed by atoms with Crippen molar-refractivity contribution in [2.24, 2.45) is 5.92 Å². The Morgan fingerprint density at radius 3 is 2.71 bits per heavy atom. The Bertz CT molecular complexity index is 584. The molecule has 1 fully saturated rings. The molecule has 3 N–H and O–H groups in total. The van der Waals surface area contributed by atoms with Crippen molar-refractivity contribution in [2.75, 3.05) is 25.4 Å². The van der Waals surface area contributed by atoms with E-state index in [4.69, 9.17) is 5.73 Å². The van der Waals surface area contributed by atoms with Crippen molar-refractivity contribution in [1.29, 1.82) is 0 Å². The largest absolute Gasteiger partial charge is 0.399 e. The molecule has 118 valence electrons. The van der Waals surface area contributed by atoms with Gasteiger partial charge in [-0.15, -0.1) is 0 Å². The Morgan fingerprint density at radius 2 is 2.14 bits per heavy atom. The van der Waals surface area contributed by atoms with Crippen LogP contribution in [0.1, 0.15) is 20.3 Å². The van der Waals surface area contributed by atoms with Crippen molar-refractivity contribution in [3.05, 3.63) is 24.0 Å². The molecule has 0 spiro atoms. The molecule has 0 aromatic heterocycles. The van der Waals surface area contributed by atoms with Crippen LogP contribution in [0.15, 0.2) is 23.1 Å². The zero-order chi connectivity index (χ0) is 15.6. The van der Waals surface area contributed by atoms with Gasteiger partial charge >= 0.3 is 0 Å². The number of rotatable bonds is 5. The maximum absolute atomic E-state index is 13.3. The number of nitrogens with two attached hydrogens (primary N) is 1. The molecule has 0 radical (unpaired) electrons. The lowest BCUT2D eigenvalue weighted by molar-refractivity contribution is 0.265. The topological polar surface area (TPSA) is 75.4 Å². The predicted molar refractivity (Wildman–Crippen MR) is 80.8 cm³/mol. The molecule has 0 bridgehead atoms. The minimum absolute atomic E-state index is 0.0993. The smallest absolute Gasteiger partial charge is 0.240 e. The first kappa shape index (κ1) is 16.2. The van der Waals surface area contributed by atoms with E-state index in [9.17, 15) is 12.8 Å². The molecule has 1 aliphatic heterocycles. The van der Waals surface area contributed by atoms with Crippen LogP contribution in [0, 0.1) is 11.7 Å². The zero-order valence-corrected chi connectivity index (χ0v) is 13.2. The highest BCUT2D eigenvalue weighted by Gasteiger charge is 2.26. The molecule has 1 aromatic carbocycles. The normalized spacial score (nSPS) is 20.3. The summed E-state index contributed by atoms with van der Waals surface area (Å²) in [6.45, 7) is 6.48. The number of sulfonamides is 1. The van der Waals surface area contributed by atoms with Crippen LogP contribution in [0.2, 0.25) is 0 Å². The number of benzene rings is 1. The molecule has 1 aromatic rings. The molecule has 1 saturated heterocycles. The van der Waals surface area contributed by atoms with Crippen LogP contribution in [0.3, 0.4) is 0 Å². The number of hydrogen-bond donors (Lipinski definition) is 2. The van der Waals surface area contributed by atoms with Crippen LogP contribution in [-0.2, 0) is 10.0 Å². The van der Waals surface area contributed by atoms with E-state index in [1.54, 1.807) is 0 Å². The van der Waals surface area contributed by atoms with Gasteiger partial charge in [0, 0.05) is 24.8 Å². The summed E-state index contributed by atoms with van der Waals surface area (Å²) in [4.78, 5) is 2.19. The number of nitrogens with zero attached hydrogens (tertiary/aromatic N) is 1. The van der Waals surface area contributed by atoms with Crippen LogP contribution in [0.5, 0.6) is 0 Å². The van der Waals surface area contributed by atoms with E-state index in [1.807, 2.05) is 0 Å². The fraction of sp³-hybridized carbons (Fsp3) is 0.571. The van der Waals surface area contributed by atoms with Crippen LogP contribution >= 0.6 is 0 Å². The third kappa shape index (κ3) is 4.15. The average molecular weight is 315 g/mol. The van der Waals surface area contributed by atoms with Gasteiger partial charge in [-0.3, -0.25) is 0 Å². The first-order valence-electron chi connectivity index (χ1n) is 7.07. The maximum atomic E-state index is 13.3. The Morgan fingerprint density at radius 1 is 1.43 bits per heavy atom. The quantitative estimate of drug-likeness (QED) is 0.806. The first-order chi connectivity index (χ1) is 9.78. The van der Waals surface area contributed by atoms with E-state index < -0.39 is 15.8 Å². The van der Waals surface area contributed by atoms with Gasteiger partial charge in [0.05, 0.1) is 4.90 Å². The number of anilines is 1. The van der Waals surface area contributed by atoms with Gasteiger partial charge < -0.3 is 10.6 Å². The van der Waals surface area contributed by atoms with Gasteiger partial charge in [0.15, 0.2) is 0 Å². The standard InChI is InChI=1S/C14H22FN3O2S/c1-10(2)18-4-3-11(9-18)8-17-21(19,20)14-6-12(15)5-13(16)7-14/h5-7,10-11,17H,3-4,8-9,16H2,1-2H3. The monoisotopic (exact) mass is 315 g/mol. The Hall–Kier alpha value is -1.18. The lowest BCUT2D eigenvalue weighted by Crippen LogP contribution is -2.33. The molecular weight excluding hydrogens is 293 g/mol. The van der Waals surface area contributed by atoms with E-state index in [0.717, 1.165) is 31.6 Å². The van der Waals surface area contributed by atoms with Gasteiger partial charge in [-0.25, -0.2) is 17.5 Å². The SMILES string of the molecule is CC(C)N1CCC(CNS(=O)(=O)c2cc(N)cc(F)c2)C1. The highest BCUT2D eigenvalue weighted by atomic mass is 32.2. The molecule has 1 aliphatic rings. The van der Waals surface area contributed by atoms with E-state index in [0.29, 0.717) is 12.6 Å². The molecule has 0 saturated carbocycles. The molecule has 0 aliphatic carbocycles. The van der Waals surface area contributed by atoms with Crippen molar-refractivity contribution < 1.29 is 12.8 Å². The zero-order valence-electron chi connectivity index (χ0n) is 12.3. The highest BCUT2D eigenvalue weighted by Crippen LogP contribution is 2.19. The van der Waals surface area contributed by atoms with Crippen LogP contribution in [0.25, 0.3) is 0 Å². The predicted octanol–water partition coefficient (Wildman–Crippen LogP) is 1.42. The summed E-state index contributed by atoms with van der Waals surface area (Å²) >= 11 is 0. The van der Waals surface area contributed by atoms with Crippen molar-refractivity contribution in [1.82, 2.24) is 9.62 Å². The maximum Gasteiger partial charge on any atom is 0.240 e. The molecule has 0 amide bonds. The van der Waals surface area contributed by atoms with E-state index in [1.165, 1.54) is 6.07 Å². The second-order valence-electron chi connectivity index (χ2n) is 5.82. The third-order valence-corrected chi connectivity index (χ3v) is 5.22. The molecule has 7 heteroatoms. The van der Waals surface area contributed by atoms with Crippen LogP contribution in [0.4, 0.5) is 10.1 Å². The Kier molecular flexibility index (Phi) is 4.85. The summed E-state index contributed by atoms with van der Waals surface area (Å²) in [5.41, 5.74) is 5.59. The van der Waals surface area contributed by atoms with E-state index >= 15 is 0 Å². The summed E-state index contributed by atoms with van der Waals surface area (Å²) in [5.74, 6) is -0.365. The summed E-state index contributed by atoms with van der Waals surface area (Å²) in [7, 11) is -3.72. The number of halogens is 1. The second-order valence-corrected chi connectivity index (χ2v) is 7.58. The van der Waals surface area contributed by atoms with Crippen molar-refractivity contribution in [2.45, 2.75) is 31.2 Å². The fourth-order valence-corrected chi connectivity index (χ4v) is 3.73. The van der Waals surface area contributed by atoms with E-state index in [2.05, 4.69) is 23.5 Å². The number of nitrogens with one attached hydrogen (secondary N) is 1. The summed E-state index contributed by atoms with van der Waals surface area (Å²) < 4.78 is 40.1. The molecule has 21 heavy (non-hydrogen) atoms. The number of nitrogen functional groups attached to an aromatic ring is 1. The number of likely N-dealkylation sites (tertiary alicyclic amines) is 1. The Balaban J connectivity index is 1.99. The molecular formula is C14H22FN3O2S. The van der Waals surface area contributed by atoms with Gasteiger partial charge in [0.2, 0.25) is 10.0 Å². The molecule has 5 nitrogen and oxygen atoms in total. The van der Waals surface area contributed by atoms with Crippen LogP contribution in [-0.4, -0.2) is 39.0 Å². The summed E-state index contributed by atoms with van der Waals surface area (Å²) in [6, 6.07) is 3.81. The lowest BCUT2D eigenvalue weighted by Gasteiger charge is -2.20. The molecule has 1 unspecified atom stereocenters. The lowest BCUT2D eigenvalue weighted by atomic mass is 10.1. The fourth-order valence-electron chi connectivity index (χ4n) is 2.55. The highest BCUT2D eigenvalue weighted by molar-refractivity contribution is 7.89. The average Bonchev–Trinajstić information content (AvgIpc) is 2.84. The molecule has 1 atom stereocenters. The van der Waals surface area contributed by atoms with Crippen LogP contribution < -0.4 is 10.5 Å². The van der Waals surface area contributed by atoms with Gasteiger partial charge in [0.1, 0.15) is 5.82 Å². The summed E-state index contributed by atoms with van der Waals surface area (Å²) in [6.07, 6.45) is 0.964. The van der Waals surface area contributed by atoms with Gasteiger partial charge in [-0.05, 0) is 50.9 Å². The van der Waals surface area contributed by atoms with Crippen molar-refractivity contribution >= 4 is 15.7 Å². The number of hydrogen-bond acceptors (Lipinski definition) is 4. The third-order valence-electron chi connectivity index (χ3n) is 3.81. The molecule has 2 rings (SSSR count). The van der Waals surface area contributed by atoms with E-state index in [-0.39, 0.29) is 16.5 Å². The van der Waals surface area contributed by atoms with Crippen molar-refractivity contribution in [3.8, 4) is 0 Å². The minimum atomic E-state index is -3.72. The second kappa shape index (κ2) is 6.29. The summed E-state index contributed by atoms with van der Waals surface area (Å²) in [5, 5.41) is 0. The Labute approximate surface area is 125 Å². The van der Waals surface area contributed by atoms with Gasteiger partial charge in [-0.1, -0.05) is 0 Å². The minimum Gasteiger partial charge on any atom is -0.399 e. The van der Waals surface area contributed by atoms with Gasteiger partial charge in [0.25, 0.3) is 0 Å².